The maximum absolute atomic E-state index is 14.0. The summed E-state index contributed by atoms with van der Waals surface area (Å²) >= 11 is 0. The number of rotatable bonds is 2. The van der Waals surface area contributed by atoms with Crippen LogP contribution < -0.4 is 5.73 Å². The van der Waals surface area contributed by atoms with Crippen LogP contribution in [0.3, 0.4) is 0 Å². The molecule has 0 bridgehead atoms. The van der Waals surface area contributed by atoms with Crippen molar-refractivity contribution in [3.63, 3.8) is 0 Å². The first-order valence-corrected chi connectivity index (χ1v) is 7.33. The van der Waals surface area contributed by atoms with E-state index in [-0.39, 0.29) is 11.0 Å². The number of carbonyl (C=O) groups excluding carboxylic acids is 1. The number of nitrogens with two attached hydrogens (primary N) is 1. The van der Waals surface area contributed by atoms with Gasteiger partial charge in [-0.25, -0.2) is 13.6 Å². The van der Waals surface area contributed by atoms with Gasteiger partial charge in [-0.05, 0) is 29.2 Å². The van der Waals surface area contributed by atoms with Gasteiger partial charge in [0.05, 0.1) is 0 Å². The first-order chi connectivity index (χ1) is 10.8. The van der Waals surface area contributed by atoms with Crippen LogP contribution in [0.4, 0.5) is 13.6 Å². The zero-order valence-electron chi connectivity index (χ0n) is 12.9. The first kappa shape index (κ1) is 15.5. The minimum atomic E-state index is -0.877. The van der Waals surface area contributed by atoms with Crippen LogP contribution in [-0.4, -0.2) is 6.09 Å². The summed E-state index contributed by atoms with van der Waals surface area (Å²) in [5.41, 5.74) is 7.46. The Morgan fingerprint density at radius 2 is 2.00 bits per heavy atom. The molecule has 2 N–H and O–H groups in total. The van der Waals surface area contributed by atoms with E-state index in [1.165, 1.54) is 12.1 Å². The lowest BCUT2D eigenvalue weighted by molar-refractivity contribution is 0.0392. The van der Waals surface area contributed by atoms with E-state index < -0.39 is 23.8 Å². The molecule has 0 aromatic heterocycles. The van der Waals surface area contributed by atoms with Crippen molar-refractivity contribution in [2.75, 3.05) is 0 Å². The van der Waals surface area contributed by atoms with Crippen LogP contribution in [0, 0.1) is 17.0 Å². The van der Waals surface area contributed by atoms with Gasteiger partial charge in [-0.2, -0.15) is 0 Å². The smallest absolute Gasteiger partial charge is 0.405 e. The zero-order chi connectivity index (χ0) is 16.8. The molecule has 120 valence electrons. The van der Waals surface area contributed by atoms with E-state index in [9.17, 15) is 13.6 Å². The molecule has 0 spiro atoms. The Bertz CT molecular complexity index is 787. The number of hydrogen-bond acceptors (Lipinski definition) is 2. The maximum atomic E-state index is 14.0. The van der Waals surface area contributed by atoms with Gasteiger partial charge in [-0.15, -0.1) is 0 Å². The predicted octanol–water partition coefficient (Wildman–Crippen LogP) is 4.35. The molecule has 1 amide bonds. The molecule has 1 unspecified atom stereocenters. The molecule has 1 aliphatic carbocycles. The third-order valence-corrected chi connectivity index (χ3v) is 4.28. The van der Waals surface area contributed by atoms with E-state index >= 15 is 0 Å². The second-order valence-corrected chi connectivity index (χ2v) is 6.50. The topological polar surface area (TPSA) is 52.3 Å². The number of ether oxygens (including phenoxy) is 1. The van der Waals surface area contributed by atoms with Crippen molar-refractivity contribution in [3.8, 4) is 11.1 Å². The molecule has 1 aliphatic rings. The molecule has 3 nitrogen and oxygen atoms in total. The van der Waals surface area contributed by atoms with E-state index in [2.05, 4.69) is 0 Å². The van der Waals surface area contributed by atoms with Gasteiger partial charge in [0.1, 0.15) is 6.10 Å². The van der Waals surface area contributed by atoms with Crippen molar-refractivity contribution in [2.45, 2.75) is 26.4 Å². The van der Waals surface area contributed by atoms with Crippen LogP contribution in [0.2, 0.25) is 0 Å². The molecule has 0 radical (unpaired) electrons. The average Bonchev–Trinajstić information content (AvgIpc) is 2.71. The quantitative estimate of drug-likeness (QED) is 0.895. The monoisotopic (exact) mass is 317 g/mol. The van der Waals surface area contributed by atoms with Gasteiger partial charge < -0.3 is 10.5 Å². The minimum Gasteiger partial charge on any atom is -0.441 e. The average molecular weight is 317 g/mol. The van der Waals surface area contributed by atoms with Gasteiger partial charge >= 0.3 is 6.09 Å². The lowest BCUT2D eigenvalue weighted by atomic mass is 9.87. The lowest BCUT2D eigenvalue weighted by Crippen LogP contribution is -2.25. The number of primary amides is 1. The Hall–Kier alpha value is -2.43. The van der Waals surface area contributed by atoms with Gasteiger partial charge in [0.25, 0.3) is 0 Å². The van der Waals surface area contributed by atoms with Crippen LogP contribution in [0.15, 0.2) is 36.4 Å². The highest BCUT2D eigenvalue weighted by molar-refractivity contribution is 5.68. The van der Waals surface area contributed by atoms with Crippen molar-refractivity contribution in [2.24, 2.45) is 11.1 Å². The molecule has 2 aromatic rings. The highest BCUT2D eigenvalue weighted by Crippen LogP contribution is 2.48. The predicted molar refractivity (Wildman–Crippen MR) is 82.7 cm³/mol. The third kappa shape index (κ3) is 2.67. The first-order valence-electron chi connectivity index (χ1n) is 7.33. The van der Waals surface area contributed by atoms with Crippen molar-refractivity contribution in [1.82, 2.24) is 0 Å². The number of benzene rings is 2. The highest BCUT2D eigenvalue weighted by Gasteiger charge is 2.41. The van der Waals surface area contributed by atoms with E-state index in [1.54, 1.807) is 12.1 Å². The summed E-state index contributed by atoms with van der Waals surface area (Å²) in [5, 5.41) is 0. The summed E-state index contributed by atoms with van der Waals surface area (Å²) in [6.07, 6.45) is -0.608. The maximum Gasteiger partial charge on any atom is 0.405 e. The summed E-state index contributed by atoms with van der Waals surface area (Å²) < 4.78 is 32.6. The van der Waals surface area contributed by atoms with Gasteiger partial charge in [0.2, 0.25) is 0 Å². The van der Waals surface area contributed by atoms with Crippen LogP contribution in [-0.2, 0) is 11.2 Å². The van der Waals surface area contributed by atoms with Crippen LogP contribution in [0.1, 0.15) is 31.1 Å². The van der Waals surface area contributed by atoms with E-state index in [0.29, 0.717) is 12.0 Å². The Morgan fingerprint density at radius 1 is 1.26 bits per heavy atom. The highest BCUT2D eigenvalue weighted by atomic mass is 19.2. The molecule has 0 saturated carbocycles. The number of carbonyl (C=O) groups is 1. The van der Waals surface area contributed by atoms with E-state index in [1.807, 2.05) is 19.9 Å². The van der Waals surface area contributed by atoms with Gasteiger partial charge in [0, 0.05) is 11.0 Å². The fourth-order valence-electron chi connectivity index (χ4n) is 3.25. The largest absolute Gasteiger partial charge is 0.441 e. The van der Waals surface area contributed by atoms with E-state index in [4.69, 9.17) is 10.5 Å². The second kappa shape index (κ2) is 5.33. The van der Waals surface area contributed by atoms with Gasteiger partial charge in [0.15, 0.2) is 11.6 Å². The summed E-state index contributed by atoms with van der Waals surface area (Å²) in [7, 11) is 0. The molecule has 3 rings (SSSR count). The van der Waals surface area contributed by atoms with Crippen LogP contribution >= 0.6 is 0 Å². The summed E-state index contributed by atoms with van der Waals surface area (Å²) in [6, 6.07) is 9.42. The molecular formula is C18H17F2NO2. The second-order valence-electron chi connectivity index (χ2n) is 6.50. The Labute approximate surface area is 133 Å². The lowest BCUT2D eigenvalue weighted by Gasteiger charge is -2.26. The number of amides is 1. The van der Waals surface area contributed by atoms with Crippen molar-refractivity contribution in [1.29, 1.82) is 0 Å². The number of hydrogen-bond donors (Lipinski definition) is 1. The fourth-order valence-corrected chi connectivity index (χ4v) is 3.25. The van der Waals surface area contributed by atoms with E-state index in [0.717, 1.165) is 17.2 Å². The molecule has 5 heteroatoms. The molecule has 2 aromatic carbocycles. The Balaban J connectivity index is 2.05. The SMILES string of the molecule is CC1(C)Cc2cc(-c3cccc(F)c3F)ccc2C1OC(N)=O. The molecule has 0 saturated heterocycles. The normalized spacial score (nSPS) is 18.5. The third-order valence-electron chi connectivity index (χ3n) is 4.28. The molecule has 0 aliphatic heterocycles. The molecule has 1 atom stereocenters. The number of halogens is 2. The number of fused-ring (bicyclic) bond motifs is 1. The van der Waals surface area contributed by atoms with Crippen LogP contribution in [0.5, 0.6) is 0 Å². The summed E-state index contributed by atoms with van der Waals surface area (Å²) in [6.45, 7) is 3.95. The van der Waals surface area contributed by atoms with Crippen molar-refractivity contribution in [3.05, 3.63) is 59.2 Å². The van der Waals surface area contributed by atoms with Crippen LogP contribution in [0.25, 0.3) is 11.1 Å². The Kier molecular flexibility index (Phi) is 3.59. The molecular weight excluding hydrogens is 300 g/mol. The molecule has 0 heterocycles. The van der Waals surface area contributed by atoms with Crippen molar-refractivity contribution < 1.29 is 18.3 Å². The van der Waals surface area contributed by atoms with Gasteiger partial charge in [-0.3, -0.25) is 0 Å². The summed E-state index contributed by atoms with van der Waals surface area (Å²) in [5.74, 6) is -1.74. The molecule has 0 fully saturated rings. The van der Waals surface area contributed by atoms with Gasteiger partial charge in [-0.1, -0.05) is 44.2 Å². The summed E-state index contributed by atoms with van der Waals surface area (Å²) in [4.78, 5) is 11.1. The molecule has 23 heavy (non-hydrogen) atoms. The zero-order valence-corrected chi connectivity index (χ0v) is 12.9. The minimum absolute atomic E-state index is 0.213. The standard InChI is InChI=1S/C18H17F2NO2/c1-18(2)9-11-8-10(12-4-3-5-14(19)15(12)20)6-7-13(11)16(18)23-17(21)22/h3-8,16H,9H2,1-2H3,(H2,21,22). The Morgan fingerprint density at radius 3 is 2.70 bits per heavy atom. The fraction of sp³-hybridized carbons (Fsp3) is 0.278. The van der Waals surface area contributed by atoms with Crippen molar-refractivity contribution >= 4 is 6.09 Å².